The lowest BCUT2D eigenvalue weighted by Gasteiger charge is -2.07. The molecule has 0 N–H and O–H groups in total. The molecule has 2 heteroatoms. The quantitative estimate of drug-likeness (QED) is 0.320. The third kappa shape index (κ3) is 1.85. The van der Waals surface area contributed by atoms with Gasteiger partial charge in [0.15, 0.2) is 6.20 Å². The molecule has 3 aromatic carbocycles. The molecule has 6 rings (SSSR count). The predicted octanol–water partition coefficient (Wildman–Crippen LogP) is 5.95. The number of benzene rings is 3. The standard InChI is InChI=1S/C26H21N2/c1-16-11-12-19-18(15-16)13-14-27(3)26(19)24-17(2)28-23-10-5-4-7-20(23)21-8-6-9-22(24)25(21)28/h4-15H,1-3H3/q+1. The molecule has 6 aromatic rings. The van der Waals surface area contributed by atoms with Gasteiger partial charge >= 0.3 is 0 Å². The molecule has 0 spiro atoms. The average molecular weight is 361 g/mol. The van der Waals surface area contributed by atoms with Gasteiger partial charge in [-0.15, -0.1) is 0 Å². The molecule has 0 aliphatic carbocycles. The van der Waals surface area contributed by atoms with E-state index in [1.54, 1.807) is 0 Å². The maximum absolute atomic E-state index is 2.45. The summed E-state index contributed by atoms with van der Waals surface area (Å²) in [6, 6.07) is 24.4. The highest BCUT2D eigenvalue weighted by molar-refractivity contribution is 6.19. The molecule has 0 unspecified atom stereocenters. The van der Waals surface area contributed by atoms with Crippen LogP contribution in [0.15, 0.2) is 72.9 Å². The third-order valence-corrected chi connectivity index (χ3v) is 6.19. The molecule has 0 aliphatic rings. The zero-order chi connectivity index (χ0) is 19.0. The van der Waals surface area contributed by atoms with Crippen LogP contribution in [0, 0.1) is 13.8 Å². The van der Waals surface area contributed by atoms with E-state index in [0.717, 1.165) is 0 Å². The summed E-state index contributed by atoms with van der Waals surface area (Å²) in [5.74, 6) is 0. The van der Waals surface area contributed by atoms with Crippen molar-refractivity contribution in [2.24, 2.45) is 7.05 Å². The van der Waals surface area contributed by atoms with Crippen LogP contribution in [0.1, 0.15) is 11.3 Å². The first kappa shape index (κ1) is 15.6. The molecule has 134 valence electrons. The molecule has 0 saturated heterocycles. The fourth-order valence-electron chi connectivity index (χ4n) is 4.98. The first-order chi connectivity index (χ1) is 13.6. The predicted molar refractivity (Wildman–Crippen MR) is 117 cm³/mol. The summed E-state index contributed by atoms with van der Waals surface area (Å²) < 4.78 is 4.71. The topological polar surface area (TPSA) is 8.29 Å². The molecule has 0 fully saturated rings. The minimum absolute atomic E-state index is 1.29. The normalized spacial score (nSPS) is 12.1. The number of para-hydroxylation sites is 2. The molecule has 0 amide bonds. The van der Waals surface area contributed by atoms with Crippen LogP contribution in [0.2, 0.25) is 0 Å². The van der Waals surface area contributed by atoms with Crippen molar-refractivity contribution >= 4 is 38.0 Å². The van der Waals surface area contributed by atoms with Gasteiger partial charge in [0.1, 0.15) is 7.05 Å². The van der Waals surface area contributed by atoms with E-state index in [2.05, 4.69) is 103 Å². The van der Waals surface area contributed by atoms with E-state index in [-0.39, 0.29) is 0 Å². The second kappa shape index (κ2) is 5.32. The molecule has 0 saturated carbocycles. The number of aryl methyl sites for hydroxylation is 3. The highest BCUT2D eigenvalue weighted by Crippen LogP contribution is 2.42. The Labute approximate surface area is 163 Å². The number of fused-ring (bicyclic) bond motifs is 4. The van der Waals surface area contributed by atoms with Crippen LogP contribution in [-0.2, 0) is 7.05 Å². The smallest absolute Gasteiger partial charge is 0.222 e. The van der Waals surface area contributed by atoms with Crippen LogP contribution in [-0.4, -0.2) is 4.40 Å². The first-order valence-corrected chi connectivity index (χ1v) is 9.78. The van der Waals surface area contributed by atoms with Crippen LogP contribution in [0.5, 0.6) is 0 Å². The van der Waals surface area contributed by atoms with Crippen molar-refractivity contribution in [3.63, 3.8) is 0 Å². The highest BCUT2D eigenvalue weighted by atomic mass is 15.0. The van der Waals surface area contributed by atoms with Gasteiger partial charge in [-0.05, 0) is 31.4 Å². The Bertz CT molecular complexity index is 1540. The lowest BCUT2D eigenvalue weighted by molar-refractivity contribution is -0.659. The Morgan fingerprint density at radius 3 is 2.43 bits per heavy atom. The molecule has 0 bridgehead atoms. The zero-order valence-electron chi connectivity index (χ0n) is 16.3. The van der Waals surface area contributed by atoms with Crippen molar-refractivity contribution in [3.05, 3.63) is 84.2 Å². The lowest BCUT2D eigenvalue weighted by Crippen LogP contribution is -2.30. The van der Waals surface area contributed by atoms with Gasteiger partial charge in [-0.1, -0.05) is 54.1 Å². The van der Waals surface area contributed by atoms with Crippen molar-refractivity contribution in [2.45, 2.75) is 13.8 Å². The molecular formula is C26H21N2+. The van der Waals surface area contributed by atoms with E-state index in [4.69, 9.17) is 0 Å². The minimum atomic E-state index is 1.29. The van der Waals surface area contributed by atoms with E-state index < -0.39 is 0 Å². The Balaban J connectivity index is 1.86. The van der Waals surface area contributed by atoms with E-state index in [1.165, 1.54) is 60.5 Å². The largest absolute Gasteiger partial charge is 0.312 e. The molecule has 3 heterocycles. The Morgan fingerprint density at radius 2 is 1.54 bits per heavy atom. The van der Waals surface area contributed by atoms with Gasteiger partial charge in [0, 0.05) is 27.9 Å². The number of hydrogen-bond acceptors (Lipinski definition) is 0. The fourth-order valence-corrected chi connectivity index (χ4v) is 4.98. The number of rotatable bonds is 1. The van der Waals surface area contributed by atoms with E-state index >= 15 is 0 Å². The Hall–Kier alpha value is -3.39. The second-order valence-electron chi connectivity index (χ2n) is 7.88. The molecule has 0 aliphatic heterocycles. The van der Waals surface area contributed by atoms with Crippen molar-refractivity contribution in [1.29, 1.82) is 0 Å². The average Bonchev–Trinajstić information content (AvgIpc) is 3.19. The Morgan fingerprint density at radius 1 is 0.750 bits per heavy atom. The number of aromatic nitrogens is 2. The van der Waals surface area contributed by atoms with Crippen LogP contribution in [0.3, 0.4) is 0 Å². The van der Waals surface area contributed by atoms with Gasteiger partial charge in [0.05, 0.1) is 22.0 Å². The summed E-state index contributed by atoms with van der Waals surface area (Å²) >= 11 is 0. The van der Waals surface area contributed by atoms with Crippen LogP contribution >= 0.6 is 0 Å². The molecule has 3 aromatic heterocycles. The van der Waals surface area contributed by atoms with Gasteiger partial charge in [-0.25, -0.2) is 4.57 Å². The van der Waals surface area contributed by atoms with Gasteiger partial charge in [0.25, 0.3) is 0 Å². The minimum Gasteiger partial charge on any atom is -0.312 e. The van der Waals surface area contributed by atoms with Crippen LogP contribution < -0.4 is 4.57 Å². The summed E-state index contributed by atoms with van der Waals surface area (Å²) in [4.78, 5) is 0. The van der Waals surface area contributed by atoms with Crippen molar-refractivity contribution in [3.8, 4) is 11.3 Å². The fraction of sp³-hybridized carbons (Fsp3) is 0.115. The van der Waals surface area contributed by atoms with Gasteiger partial charge in [-0.2, -0.15) is 0 Å². The second-order valence-corrected chi connectivity index (χ2v) is 7.88. The monoisotopic (exact) mass is 361 g/mol. The van der Waals surface area contributed by atoms with E-state index in [0.29, 0.717) is 0 Å². The van der Waals surface area contributed by atoms with Gasteiger partial charge in [0.2, 0.25) is 5.69 Å². The number of nitrogens with zero attached hydrogens (tertiary/aromatic N) is 2. The maximum Gasteiger partial charge on any atom is 0.222 e. The van der Waals surface area contributed by atoms with Gasteiger partial charge in [-0.3, -0.25) is 0 Å². The number of hydrogen-bond donors (Lipinski definition) is 0. The van der Waals surface area contributed by atoms with Gasteiger partial charge < -0.3 is 4.40 Å². The van der Waals surface area contributed by atoms with Crippen molar-refractivity contribution in [1.82, 2.24) is 4.40 Å². The van der Waals surface area contributed by atoms with Crippen LogP contribution in [0.4, 0.5) is 0 Å². The van der Waals surface area contributed by atoms with Crippen LogP contribution in [0.25, 0.3) is 49.2 Å². The maximum atomic E-state index is 2.45. The molecule has 28 heavy (non-hydrogen) atoms. The lowest BCUT2D eigenvalue weighted by atomic mass is 9.98. The molecular weight excluding hydrogens is 340 g/mol. The number of pyridine rings is 1. The van der Waals surface area contributed by atoms with Crippen molar-refractivity contribution in [2.75, 3.05) is 0 Å². The summed E-state index contributed by atoms with van der Waals surface area (Å²) in [7, 11) is 2.15. The summed E-state index contributed by atoms with van der Waals surface area (Å²) in [6.45, 7) is 4.42. The van der Waals surface area contributed by atoms with E-state index in [1.807, 2.05) is 0 Å². The van der Waals surface area contributed by atoms with E-state index in [9.17, 15) is 0 Å². The zero-order valence-corrected chi connectivity index (χ0v) is 16.3. The molecule has 0 atom stereocenters. The third-order valence-electron chi connectivity index (χ3n) is 6.19. The molecule has 0 radical (unpaired) electrons. The first-order valence-electron chi connectivity index (χ1n) is 9.78. The SMILES string of the molecule is Cc1ccc2c(-c3c(C)n4c5ccccc5c5cccc3c54)[n+](C)ccc2c1. The van der Waals surface area contributed by atoms with Crippen molar-refractivity contribution < 1.29 is 4.57 Å². The summed E-state index contributed by atoms with van der Waals surface area (Å²) in [5.41, 5.74) is 7.84. The summed E-state index contributed by atoms with van der Waals surface area (Å²) in [5, 5.41) is 6.59. The highest BCUT2D eigenvalue weighted by Gasteiger charge is 2.26. The molecule has 2 nitrogen and oxygen atoms in total. The summed E-state index contributed by atoms with van der Waals surface area (Å²) in [6.07, 6.45) is 2.18. The Kier molecular flexibility index (Phi) is 2.98.